The number of halogens is 3. The maximum Gasteiger partial charge on any atom is 0.233 e. The van der Waals surface area contributed by atoms with Gasteiger partial charge < -0.3 is 15.8 Å². The second kappa shape index (κ2) is 10.8. The van der Waals surface area contributed by atoms with E-state index in [2.05, 4.69) is 15.0 Å². The van der Waals surface area contributed by atoms with Crippen LogP contribution in [0.2, 0.25) is 5.02 Å². The molecule has 2 aromatic carbocycles. The molecule has 0 amide bonds. The van der Waals surface area contributed by atoms with E-state index in [-0.39, 0.29) is 34.5 Å². The summed E-state index contributed by atoms with van der Waals surface area (Å²) in [5, 5.41) is 2.80. The van der Waals surface area contributed by atoms with E-state index in [1.807, 2.05) is 0 Å². The zero-order valence-corrected chi connectivity index (χ0v) is 20.3. The average Bonchev–Trinajstić information content (AvgIpc) is 3.65. The second-order valence-corrected chi connectivity index (χ2v) is 10.6. The van der Waals surface area contributed by atoms with Gasteiger partial charge in [0.15, 0.2) is 11.6 Å². The summed E-state index contributed by atoms with van der Waals surface area (Å²) in [5.74, 6) is -0.627. The molecule has 0 bridgehead atoms. The lowest BCUT2D eigenvalue weighted by Crippen LogP contribution is -2.28. The van der Waals surface area contributed by atoms with E-state index in [0.717, 1.165) is 18.7 Å². The van der Waals surface area contributed by atoms with Crippen molar-refractivity contribution in [3.8, 4) is 16.9 Å². The van der Waals surface area contributed by atoms with E-state index in [0.29, 0.717) is 29.3 Å². The van der Waals surface area contributed by atoms with Gasteiger partial charge in [0, 0.05) is 29.6 Å². The molecule has 0 aliphatic heterocycles. The number of nitrogens with zero attached hydrogens (tertiary/aromatic N) is 1. The normalized spacial score (nSPS) is 13.6. The smallest absolute Gasteiger partial charge is 0.233 e. The van der Waals surface area contributed by atoms with Crippen molar-refractivity contribution in [3.63, 3.8) is 0 Å². The van der Waals surface area contributed by atoms with Gasteiger partial charge in [0.25, 0.3) is 0 Å². The Kier molecular flexibility index (Phi) is 7.73. The van der Waals surface area contributed by atoms with Gasteiger partial charge in [-0.2, -0.15) is 0 Å². The summed E-state index contributed by atoms with van der Waals surface area (Å²) >= 11 is 5.86. The number of rotatable bonds is 11. The first-order chi connectivity index (χ1) is 16.7. The van der Waals surface area contributed by atoms with Gasteiger partial charge in [0.05, 0.1) is 10.8 Å². The predicted molar refractivity (Wildman–Crippen MR) is 133 cm³/mol. The summed E-state index contributed by atoms with van der Waals surface area (Å²) in [6.07, 6.45) is 3.91. The number of hydrogen-bond acceptors (Lipinski definition) is 6. The van der Waals surface area contributed by atoms with Crippen LogP contribution in [0.25, 0.3) is 11.1 Å². The molecule has 0 spiro atoms. The van der Waals surface area contributed by atoms with Crippen LogP contribution < -0.4 is 20.5 Å². The van der Waals surface area contributed by atoms with Gasteiger partial charge in [-0.3, -0.25) is 4.72 Å². The van der Waals surface area contributed by atoms with Crippen LogP contribution in [-0.4, -0.2) is 32.2 Å². The molecule has 3 aromatic rings. The maximum atomic E-state index is 14.1. The van der Waals surface area contributed by atoms with Crippen molar-refractivity contribution in [1.29, 1.82) is 0 Å². The van der Waals surface area contributed by atoms with Gasteiger partial charge in [0.1, 0.15) is 18.2 Å². The molecule has 4 rings (SSSR count). The Morgan fingerprint density at radius 1 is 1.11 bits per heavy atom. The highest BCUT2D eigenvalue weighted by Gasteiger charge is 2.21. The Hall–Kier alpha value is -2.95. The van der Waals surface area contributed by atoms with E-state index in [9.17, 15) is 17.2 Å². The monoisotopic (exact) mass is 522 g/mol. The van der Waals surface area contributed by atoms with Gasteiger partial charge >= 0.3 is 0 Å². The summed E-state index contributed by atoms with van der Waals surface area (Å²) in [6.45, 7) is 0.869. The van der Waals surface area contributed by atoms with Crippen molar-refractivity contribution in [2.75, 3.05) is 29.3 Å². The summed E-state index contributed by atoms with van der Waals surface area (Å²) in [4.78, 5) is 4.11. The predicted octanol–water partition coefficient (Wildman–Crippen LogP) is 4.58. The quantitative estimate of drug-likeness (QED) is 0.251. The van der Waals surface area contributed by atoms with Crippen LogP contribution in [0.1, 0.15) is 18.4 Å². The van der Waals surface area contributed by atoms with Crippen molar-refractivity contribution in [2.24, 2.45) is 5.92 Å². The van der Waals surface area contributed by atoms with Crippen molar-refractivity contribution >= 4 is 33.1 Å². The van der Waals surface area contributed by atoms with E-state index in [4.69, 9.17) is 22.1 Å². The Labute approximate surface area is 207 Å². The molecule has 35 heavy (non-hydrogen) atoms. The first-order valence-corrected chi connectivity index (χ1v) is 13.1. The number of nitrogen functional groups attached to an aromatic ring is 1. The summed E-state index contributed by atoms with van der Waals surface area (Å²) in [7, 11) is -3.53. The molecule has 1 aliphatic carbocycles. The van der Waals surface area contributed by atoms with Crippen LogP contribution in [0.15, 0.2) is 48.7 Å². The molecule has 4 N–H and O–H groups in total. The third kappa shape index (κ3) is 6.81. The largest absolute Gasteiger partial charge is 0.485 e. The summed E-state index contributed by atoms with van der Waals surface area (Å²) in [6, 6.07) is 10.3. The second-order valence-electron chi connectivity index (χ2n) is 8.37. The number of anilines is 2. The van der Waals surface area contributed by atoms with Crippen LogP contribution in [0, 0.1) is 17.6 Å². The molecule has 11 heteroatoms. The standard InChI is InChI=1S/C24H25ClF2N4O3S/c25-23-19(20(26)6-7-21(23)27)14-34-22-11-17(13-30-24(22)28)16-2-1-3-18(10-16)31-35(32,33)9-8-29-12-15-4-5-15/h1-3,6-7,10-11,13,15,29,31H,4-5,8-9,12,14H2,(H2,28,30). The molecule has 1 aliphatic rings. The number of nitrogens with two attached hydrogens (primary N) is 1. The number of nitrogens with one attached hydrogen (secondary N) is 2. The zero-order chi connectivity index (χ0) is 25.0. The molecule has 0 saturated heterocycles. The SMILES string of the molecule is Nc1ncc(-c2cccc(NS(=O)(=O)CCNCC3CC3)c2)cc1OCc1c(F)ccc(F)c1Cl. The fraction of sp³-hybridized carbons (Fsp3) is 0.292. The highest BCUT2D eigenvalue weighted by atomic mass is 35.5. The number of sulfonamides is 1. The Balaban J connectivity index is 1.45. The zero-order valence-electron chi connectivity index (χ0n) is 18.7. The highest BCUT2D eigenvalue weighted by molar-refractivity contribution is 7.92. The lowest BCUT2D eigenvalue weighted by atomic mass is 10.1. The van der Waals surface area contributed by atoms with Crippen molar-refractivity contribution in [1.82, 2.24) is 10.3 Å². The molecule has 0 unspecified atom stereocenters. The Morgan fingerprint density at radius 2 is 1.89 bits per heavy atom. The number of ether oxygens (including phenoxy) is 1. The van der Waals surface area contributed by atoms with Gasteiger partial charge in [-0.05, 0) is 61.2 Å². The van der Waals surface area contributed by atoms with Gasteiger partial charge in [0.2, 0.25) is 10.0 Å². The van der Waals surface area contributed by atoms with E-state index in [1.165, 1.54) is 19.0 Å². The first-order valence-electron chi connectivity index (χ1n) is 11.0. The summed E-state index contributed by atoms with van der Waals surface area (Å²) < 4.78 is 60.8. The average molecular weight is 523 g/mol. The van der Waals surface area contributed by atoms with Crippen molar-refractivity contribution in [3.05, 3.63) is 70.9 Å². The minimum Gasteiger partial charge on any atom is -0.485 e. The molecule has 7 nitrogen and oxygen atoms in total. The fourth-order valence-electron chi connectivity index (χ4n) is 3.41. The molecule has 1 aromatic heterocycles. The molecular weight excluding hydrogens is 498 g/mol. The van der Waals surface area contributed by atoms with Crippen LogP contribution in [0.4, 0.5) is 20.3 Å². The van der Waals surface area contributed by atoms with Crippen LogP contribution in [-0.2, 0) is 16.6 Å². The van der Waals surface area contributed by atoms with E-state index >= 15 is 0 Å². The minimum atomic E-state index is -3.53. The lowest BCUT2D eigenvalue weighted by molar-refractivity contribution is 0.300. The molecule has 1 fully saturated rings. The first kappa shape index (κ1) is 25.2. The Bertz CT molecular complexity index is 1320. The summed E-state index contributed by atoms with van der Waals surface area (Å²) in [5.41, 5.74) is 7.40. The fourth-order valence-corrected chi connectivity index (χ4v) is 4.62. The lowest BCUT2D eigenvalue weighted by Gasteiger charge is -2.13. The van der Waals surface area contributed by atoms with E-state index < -0.39 is 21.7 Å². The van der Waals surface area contributed by atoms with Gasteiger partial charge in [-0.15, -0.1) is 0 Å². The highest BCUT2D eigenvalue weighted by Crippen LogP contribution is 2.31. The molecule has 0 atom stereocenters. The third-order valence-electron chi connectivity index (χ3n) is 5.54. The number of benzene rings is 2. The molecular formula is C24H25ClF2N4O3S. The molecule has 0 radical (unpaired) electrons. The number of aromatic nitrogens is 1. The van der Waals surface area contributed by atoms with Crippen molar-refractivity contribution < 1.29 is 21.9 Å². The number of hydrogen-bond donors (Lipinski definition) is 3. The van der Waals surface area contributed by atoms with Crippen LogP contribution in [0.5, 0.6) is 5.75 Å². The Morgan fingerprint density at radius 3 is 2.66 bits per heavy atom. The van der Waals surface area contributed by atoms with Crippen molar-refractivity contribution in [2.45, 2.75) is 19.4 Å². The van der Waals surface area contributed by atoms with Gasteiger partial charge in [-0.25, -0.2) is 22.2 Å². The molecule has 1 heterocycles. The molecule has 1 saturated carbocycles. The number of pyridine rings is 1. The van der Waals surface area contributed by atoms with E-state index in [1.54, 1.807) is 30.3 Å². The minimum absolute atomic E-state index is 0.0371. The van der Waals surface area contributed by atoms with Crippen LogP contribution in [0.3, 0.4) is 0 Å². The topological polar surface area (TPSA) is 106 Å². The maximum absolute atomic E-state index is 14.1. The van der Waals surface area contributed by atoms with Crippen LogP contribution >= 0.6 is 11.6 Å². The third-order valence-corrected chi connectivity index (χ3v) is 7.24. The van der Waals surface area contributed by atoms with Gasteiger partial charge in [-0.1, -0.05) is 23.7 Å². The molecule has 186 valence electrons.